The molecule has 4 nitrogen and oxygen atoms in total. The Morgan fingerprint density at radius 1 is 1.15 bits per heavy atom. The van der Waals surface area contributed by atoms with E-state index in [2.05, 4.69) is 4.74 Å². The van der Waals surface area contributed by atoms with Crippen molar-refractivity contribution < 1.29 is 45.4 Å². The molecule has 0 unspecified atom stereocenters. The van der Waals surface area contributed by atoms with Gasteiger partial charge in [-0.1, -0.05) is 18.2 Å². The third-order valence-corrected chi connectivity index (χ3v) is 7.63. The van der Waals surface area contributed by atoms with E-state index in [4.69, 9.17) is 4.74 Å². The highest BCUT2D eigenvalue weighted by Crippen LogP contribution is 2.66. The van der Waals surface area contributed by atoms with Gasteiger partial charge in [-0.25, -0.2) is 4.79 Å². The molecular weight excluding hydrogens is 494 g/mol. The summed E-state index contributed by atoms with van der Waals surface area (Å²) < 4.78 is 95.2. The van der Waals surface area contributed by atoms with Crippen LogP contribution in [-0.2, 0) is 24.7 Å². The third kappa shape index (κ3) is 3.50. The van der Waals surface area contributed by atoms with Gasteiger partial charge < -0.3 is 9.47 Å². The van der Waals surface area contributed by atoms with Crippen molar-refractivity contribution in [3.63, 3.8) is 0 Å². The van der Waals surface area contributed by atoms with Gasteiger partial charge in [0.15, 0.2) is 0 Å². The molecule has 3 atom stereocenters. The molecule has 0 N–H and O–H groups in total. The molecule has 1 saturated heterocycles. The zero-order valence-electron chi connectivity index (χ0n) is 16.6. The largest absolute Gasteiger partial charge is 0.466 e. The number of methoxy groups -OCH3 is 1. The Morgan fingerprint density at radius 2 is 1.82 bits per heavy atom. The number of hydrogen-bond acceptors (Lipinski definition) is 6. The standard InChI is InChI=1S/C21H14F6O4S2/c1-30-16(28)11-8-14-18(9-11,10-12(20(22,23)24)13-4-2-6-32-13)17(29)31-19(14,21(25,26)27)15-5-3-7-33-15/h2-7,9-10,14H,8H2,1H3/b12-10+/t14-,18-,19+/m0/s1. The maximum Gasteiger partial charge on any atom is 0.433 e. The van der Waals surface area contributed by atoms with E-state index < -0.39 is 58.1 Å². The highest BCUT2D eigenvalue weighted by Gasteiger charge is 2.77. The second-order valence-corrected chi connectivity index (χ2v) is 9.38. The van der Waals surface area contributed by atoms with Crippen LogP contribution >= 0.6 is 22.7 Å². The molecule has 0 radical (unpaired) electrons. The van der Waals surface area contributed by atoms with E-state index in [0.29, 0.717) is 28.7 Å². The Labute approximate surface area is 191 Å². The number of carbonyl (C=O) groups excluding carboxylic acids is 2. The average molecular weight is 508 g/mol. The molecule has 0 saturated carbocycles. The molecule has 1 aliphatic heterocycles. The topological polar surface area (TPSA) is 52.6 Å². The molecule has 0 aromatic carbocycles. The first-order chi connectivity index (χ1) is 15.4. The zero-order chi connectivity index (χ0) is 24.2. The lowest BCUT2D eigenvalue weighted by Gasteiger charge is -2.35. The molecule has 12 heteroatoms. The summed E-state index contributed by atoms with van der Waals surface area (Å²) >= 11 is 1.37. The summed E-state index contributed by atoms with van der Waals surface area (Å²) in [7, 11) is 0.987. The Kier molecular flexibility index (Phi) is 5.51. The first kappa shape index (κ1) is 23.6. The van der Waals surface area contributed by atoms with Gasteiger partial charge in [-0.2, -0.15) is 26.3 Å². The van der Waals surface area contributed by atoms with E-state index >= 15 is 0 Å². The van der Waals surface area contributed by atoms with Crippen LogP contribution in [0, 0.1) is 11.3 Å². The molecule has 1 fully saturated rings. The minimum Gasteiger partial charge on any atom is -0.466 e. The SMILES string of the molecule is COC(=O)C1=C[C@@]2(/C=C(\c3cccs3)C(F)(F)F)C(=O)O[C@](c3cccs3)(C(F)(F)F)[C@H]2C1. The molecule has 2 aliphatic rings. The number of halogens is 6. The number of carbonyl (C=O) groups is 2. The fourth-order valence-corrected chi connectivity index (χ4v) is 6.07. The smallest absolute Gasteiger partial charge is 0.433 e. The van der Waals surface area contributed by atoms with Gasteiger partial charge in [0.05, 0.1) is 17.6 Å². The number of hydrogen-bond donors (Lipinski definition) is 0. The molecule has 4 rings (SSSR count). The van der Waals surface area contributed by atoms with Gasteiger partial charge in [-0.05, 0) is 35.4 Å². The Bertz CT molecular complexity index is 1130. The van der Waals surface area contributed by atoms with E-state index in [1.165, 1.54) is 22.9 Å². The lowest BCUT2D eigenvalue weighted by atomic mass is 9.70. The summed E-state index contributed by atoms with van der Waals surface area (Å²) in [5.74, 6) is -4.44. The van der Waals surface area contributed by atoms with Crippen molar-refractivity contribution in [2.24, 2.45) is 11.3 Å². The van der Waals surface area contributed by atoms with Gasteiger partial charge in [-0.15, -0.1) is 22.7 Å². The minimum atomic E-state index is -5.17. The average Bonchev–Trinajstić information content (AvgIpc) is 3.49. The summed E-state index contributed by atoms with van der Waals surface area (Å²) in [6, 6.07) is 4.91. The molecule has 1 aliphatic carbocycles. The van der Waals surface area contributed by atoms with Crippen LogP contribution in [0.3, 0.4) is 0 Å². The molecule has 0 spiro atoms. The van der Waals surface area contributed by atoms with Crippen molar-refractivity contribution in [1.29, 1.82) is 0 Å². The molecule has 33 heavy (non-hydrogen) atoms. The van der Waals surface area contributed by atoms with Gasteiger partial charge in [-0.3, -0.25) is 4.79 Å². The van der Waals surface area contributed by atoms with E-state index in [9.17, 15) is 35.9 Å². The van der Waals surface area contributed by atoms with Crippen molar-refractivity contribution in [1.82, 2.24) is 0 Å². The molecule has 2 aromatic heterocycles. The van der Waals surface area contributed by atoms with Crippen molar-refractivity contribution >= 4 is 40.2 Å². The molecule has 0 amide bonds. The quantitative estimate of drug-likeness (QED) is 0.383. The fraction of sp³-hybridized carbons (Fsp3) is 0.333. The minimum absolute atomic E-state index is 0.288. The van der Waals surface area contributed by atoms with Crippen molar-refractivity contribution in [3.05, 3.63) is 62.5 Å². The van der Waals surface area contributed by atoms with E-state index in [1.807, 2.05) is 0 Å². The van der Waals surface area contributed by atoms with Crippen LogP contribution in [0.5, 0.6) is 0 Å². The van der Waals surface area contributed by atoms with Crippen LogP contribution < -0.4 is 0 Å². The molecule has 0 bridgehead atoms. The van der Waals surface area contributed by atoms with Crippen LogP contribution in [0.25, 0.3) is 5.57 Å². The van der Waals surface area contributed by atoms with Gasteiger partial charge in [0.25, 0.3) is 0 Å². The number of fused-ring (bicyclic) bond motifs is 1. The van der Waals surface area contributed by atoms with E-state index in [0.717, 1.165) is 25.3 Å². The Balaban J connectivity index is 2.02. The predicted molar refractivity (Wildman–Crippen MR) is 107 cm³/mol. The van der Waals surface area contributed by atoms with Crippen LogP contribution in [0.1, 0.15) is 16.2 Å². The first-order valence-electron chi connectivity index (χ1n) is 9.35. The maximum absolute atomic E-state index is 14.6. The van der Waals surface area contributed by atoms with Crippen molar-refractivity contribution in [2.75, 3.05) is 7.11 Å². The number of cyclic esters (lactones) is 1. The van der Waals surface area contributed by atoms with Crippen molar-refractivity contribution in [2.45, 2.75) is 24.4 Å². The number of esters is 2. The summed E-state index contributed by atoms with van der Waals surface area (Å²) in [6.45, 7) is 0. The fourth-order valence-electron chi connectivity index (χ4n) is 4.37. The number of alkyl halides is 6. The van der Waals surface area contributed by atoms with Crippen LogP contribution in [0.2, 0.25) is 0 Å². The molecule has 2 aromatic rings. The van der Waals surface area contributed by atoms with Crippen LogP contribution in [-0.4, -0.2) is 31.4 Å². The highest BCUT2D eigenvalue weighted by atomic mass is 32.1. The normalized spacial score (nSPS) is 27.8. The van der Waals surface area contributed by atoms with Crippen molar-refractivity contribution in [3.8, 4) is 0 Å². The number of allylic oxidation sites excluding steroid dienone is 1. The second-order valence-electron chi connectivity index (χ2n) is 7.48. The highest BCUT2D eigenvalue weighted by molar-refractivity contribution is 7.11. The number of thiophene rings is 2. The van der Waals surface area contributed by atoms with Gasteiger partial charge in [0.1, 0.15) is 5.41 Å². The number of ether oxygens (including phenoxy) is 2. The molecular formula is C21H14F6O4S2. The monoisotopic (exact) mass is 508 g/mol. The van der Waals surface area contributed by atoms with E-state index in [1.54, 1.807) is 0 Å². The van der Waals surface area contributed by atoms with Gasteiger partial charge in [0.2, 0.25) is 5.60 Å². The summed E-state index contributed by atoms with van der Waals surface area (Å²) in [4.78, 5) is 24.6. The first-order valence-corrected chi connectivity index (χ1v) is 11.1. The molecule has 176 valence electrons. The van der Waals surface area contributed by atoms with Crippen LogP contribution in [0.15, 0.2) is 52.8 Å². The predicted octanol–water partition coefficient (Wildman–Crippen LogP) is 5.88. The third-order valence-electron chi connectivity index (χ3n) is 5.74. The summed E-state index contributed by atoms with van der Waals surface area (Å²) in [6.07, 6.45) is -9.54. The van der Waals surface area contributed by atoms with Gasteiger partial charge >= 0.3 is 24.3 Å². The lowest BCUT2D eigenvalue weighted by Crippen LogP contribution is -2.48. The second kappa shape index (κ2) is 7.73. The summed E-state index contributed by atoms with van der Waals surface area (Å²) in [5, 5.41) is 2.70. The number of rotatable bonds is 4. The van der Waals surface area contributed by atoms with Gasteiger partial charge in [0, 0.05) is 16.4 Å². The Morgan fingerprint density at radius 3 is 2.33 bits per heavy atom. The Hall–Kier alpha value is -2.60. The lowest BCUT2D eigenvalue weighted by molar-refractivity contribution is -0.276. The maximum atomic E-state index is 14.6. The zero-order valence-corrected chi connectivity index (χ0v) is 18.3. The van der Waals surface area contributed by atoms with Crippen LogP contribution in [0.4, 0.5) is 26.3 Å². The molecule has 3 heterocycles. The summed E-state index contributed by atoms with van der Waals surface area (Å²) in [5.41, 5.74) is -7.33. The van der Waals surface area contributed by atoms with E-state index in [-0.39, 0.29) is 10.5 Å².